The minimum Gasteiger partial charge on any atom is -0.481 e. The Balaban J connectivity index is -0.000000767. The molecule has 0 aromatic rings. The lowest BCUT2D eigenvalue weighted by molar-refractivity contribution is -0.147. The molecule has 0 aliphatic heterocycles. The molecule has 6 N–H and O–H groups in total. The molecule has 260 valence electrons. The first kappa shape index (κ1) is 46.2. The zero-order valence-corrected chi connectivity index (χ0v) is 30.0. The number of unbranched alkanes of at least 4 members (excludes halogenated alkanes) is 1. The number of carboxylic acids is 2. The van der Waals surface area contributed by atoms with E-state index in [2.05, 4.69) is 58.2 Å². The predicted octanol–water partition coefficient (Wildman–Crippen LogP) is 7.99. The van der Waals surface area contributed by atoms with Crippen LogP contribution in [-0.4, -0.2) is 52.4 Å². The summed E-state index contributed by atoms with van der Waals surface area (Å²) in [5.41, 5.74) is 6.08. The van der Waals surface area contributed by atoms with E-state index in [1.807, 2.05) is 20.8 Å². The van der Waals surface area contributed by atoms with E-state index >= 15 is 0 Å². The number of amides is 1. The third-order valence-electron chi connectivity index (χ3n) is 7.85. The van der Waals surface area contributed by atoms with Crippen molar-refractivity contribution in [2.45, 2.75) is 146 Å². The molecule has 0 radical (unpaired) electrons. The Morgan fingerprint density at radius 3 is 2.05 bits per heavy atom. The number of hydrogen-bond acceptors (Lipinski definition) is 5. The second-order valence-electron chi connectivity index (χ2n) is 12.4. The summed E-state index contributed by atoms with van der Waals surface area (Å²) in [6.45, 7) is 20.7. The van der Waals surface area contributed by atoms with E-state index in [-0.39, 0.29) is 18.9 Å². The third kappa shape index (κ3) is 23.2. The van der Waals surface area contributed by atoms with Crippen LogP contribution in [0, 0.1) is 29.1 Å². The summed E-state index contributed by atoms with van der Waals surface area (Å²) in [5.74, 6) is 0.390. The summed E-state index contributed by atoms with van der Waals surface area (Å²) in [4.78, 5) is 32.1. The fourth-order valence-corrected chi connectivity index (χ4v) is 4.67. The van der Waals surface area contributed by atoms with Crippen molar-refractivity contribution in [1.82, 2.24) is 5.32 Å². The highest BCUT2D eigenvalue weighted by Gasteiger charge is 2.33. The summed E-state index contributed by atoms with van der Waals surface area (Å²) in [6, 6.07) is 0. The first-order valence-corrected chi connectivity index (χ1v) is 17.2. The summed E-state index contributed by atoms with van der Waals surface area (Å²) >= 11 is 0. The van der Waals surface area contributed by atoms with Crippen LogP contribution < -0.4 is 11.1 Å². The zero-order valence-electron chi connectivity index (χ0n) is 30.0. The minimum absolute atomic E-state index is 0.264. The molecule has 0 aromatic heterocycles. The Kier molecular flexibility index (Phi) is 29.7. The van der Waals surface area contributed by atoms with Gasteiger partial charge in [0, 0.05) is 6.42 Å². The predicted molar refractivity (Wildman–Crippen MR) is 184 cm³/mol. The highest BCUT2D eigenvalue weighted by atomic mass is 16.4. The van der Waals surface area contributed by atoms with E-state index in [9.17, 15) is 19.5 Å². The van der Waals surface area contributed by atoms with E-state index in [0.29, 0.717) is 42.9 Å². The van der Waals surface area contributed by atoms with Gasteiger partial charge in [0.1, 0.15) is 6.54 Å². The van der Waals surface area contributed by atoms with Crippen LogP contribution in [-0.2, 0) is 14.4 Å². The van der Waals surface area contributed by atoms with Crippen molar-refractivity contribution in [3.05, 3.63) is 23.8 Å². The minimum atomic E-state index is -1.04. The quantitative estimate of drug-likeness (QED) is 0.139. The lowest BCUT2D eigenvalue weighted by atomic mass is 9.66. The van der Waals surface area contributed by atoms with Crippen molar-refractivity contribution >= 4 is 17.8 Å². The monoisotopic (exact) mass is 627 g/mol. The average Bonchev–Trinajstić information content (AvgIpc) is 2.98. The summed E-state index contributed by atoms with van der Waals surface area (Å²) in [6.07, 6.45) is 16.6. The molecule has 1 amide bonds. The molecular weight excluding hydrogens is 556 g/mol. The molecule has 0 aromatic carbocycles. The fraction of sp³-hybridized carbons (Fsp3) is 0.806. The maximum atomic E-state index is 11.5. The van der Waals surface area contributed by atoms with Crippen molar-refractivity contribution < 1.29 is 29.7 Å². The maximum absolute atomic E-state index is 11.5. The molecule has 2 aliphatic rings. The summed E-state index contributed by atoms with van der Waals surface area (Å²) < 4.78 is 0. The van der Waals surface area contributed by atoms with Crippen LogP contribution in [0.15, 0.2) is 23.8 Å². The van der Waals surface area contributed by atoms with Crippen LogP contribution in [0.4, 0.5) is 0 Å². The van der Waals surface area contributed by atoms with Gasteiger partial charge < -0.3 is 26.4 Å². The molecule has 5 atom stereocenters. The van der Waals surface area contributed by atoms with E-state index in [1.165, 1.54) is 37.7 Å². The molecule has 2 aliphatic carbocycles. The number of nitrogens with two attached hydrogens (primary N) is 1. The first-order valence-electron chi connectivity index (χ1n) is 17.2. The van der Waals surface area contributed by atoms with Crippen molar-refractivity contribution in [2.24, 2.45) is 34.8 Å². The zero-order chi connectivity index (χ0) is 34.7. The van der Waals surface area contributed by atoms with Gasteiger partial charge in [0.15, 0.2) is 0 Å². The SMILES string of the molecule is CC.CC1C=CC2=C[C@H](C)CCC2C1CCC(O)CCCC(=O)NCC(=O)O.CCC.CCC(C)(C)C(=O)O.CCCCN. The van der Waals surface area contributed by atoms with E-state index in [1.54, 1.807) is 13.8 Å². The number of carbonyl (C=O) groups is 3. The molecular formula is C36H70N2O6. The number of aliphatic hydroxyl groups excluding tert-OH is 1. The second-order valence-corrected chi connectivity index (χ2v) is 12.4. The standard InChI is InChI=1S/C21H33NO4.C6H12O2.C4H11N.C3H8.C2H6/c1-14-6-10-19-16(12-14)8-7-15(2)18(19)11-9-17(23)4-3-5-20(24)22-13-21(25)26;1-4-6(2,3)5(7)8;1-2-3-4-5;1-3-2;1-2/h7-8,12,14-15,17-19,23H,3-6,9-11,13H2,1-2H3,(H,22,24)(H,25,26);4H2,1-3H3,(H,7,8);2-5H2,1H3;3H2,1-2H3;1-2H3/t14-,15?,17?,18?,19?;;;;/m1..../s1. The normalized spacial score (nSPS) is 20.6. The van der Waals surface area contributed by atoms with Crippen molar-refractivity contribution in [1.29, 1.82) is 0 Å². The lowest BCUT2D eigenvalue weighted by Gasteiger charge is -2.38. The van der Waals surface area contributed by atoms with Gasteiger partial charge in [0.05, 0.1) is 11.5 Å². The van der Waals surface area contributed by atoms with Crippen molar-refractivity contribution in [2.75, 3.05) is 13.1 Å². The topological polar surface area (TPSA) is 150 Å². The van der Waals surface area contributed by atoms with E-state index in [0.717, 1.165) is 19.4 Å². The number of hydrogen-bond donors (Lipinski definition) is 5. The van der Waals surface area contributed by atoms with Crippen LogP contribution in [0.5, 0.6) is 0 Å². The molecule has 0 fully saturated rings. The van der Waals surface area contributed by atoms with Crippen LogP contribution in [0.25, 0.3) is 0 Å². The van der Waals surface area contributed by atoms with Gasteiger partial charge in [-0.05, 0) is 101 Å². The number of nitrogens with one attached hydrogen (secondary N) is 1. The van der Waals surface area contributed by atoms with E-state index in [4.69, 9.17) is 15.9 Å². The number of fused-ring (bicyclic) bond motifs is 1. The molecule has 4 unspecified atom stereocenters. The van der Waals surface area contributed by atoms with Gasteiger partial charge in [-0.2, -0.15) is 0 Å². The van der Waals surface area contributed by atoms with Gasteiger partial charge in [0.2, 0.25) is 5.91 Å². The number of aliphatic hydroxyl groups is 1. The number of allylic oxidation sites excluding steroid dienone is 4. The number of aliphatic carboxylic acids is 2. The van der Waals surface area contributed by atoms with Crippen molar-refractivity contribution in [3.8, 4) is 0 Å². The molecule has 8 nitrogen and oxygen atoms in total. The average molecular weight is 627 g/mol. The van der Waals surface area contributed by atoms with Gasteiger partial charge in [-0.1, -0.05) is 86.5 Å². The highest BCUT2D eigenvalue weighted by molar-refractivity contribution is 5.81. The lowest BCUT2D eigenvalue weighted by Crippen LogP contribution is -2.30. The Morgan fingerprint density at radius 1 is 1.02 bits per heavy atom. The second kappa shape index (κ2) is 28.3. The molecule has 0 bridgehead atoms. The fourth-order valence-electron chi connectivity index (χ4n) is 4.67. The van der Waals surface area contributed by atoms with Crippen LogP contribution >= 0.6 is 0 Å². The summed E-state index contributed by atoms with van der Waals surface area (Å²) in [7, 11) is 0. The van der Waals surface area contributed by atoms with Gasteiger partial charge in [-0.15, -0.1) is 0 Å². The number of carboxylic acid groups (broad SMARTS) is 2. The van der Waals surface area contributed by atoms with Gasteiger partial charge >= 0.3 is 11.9 Å². The van der Waals surface area contributed by atoms with Gasteiger partial charge in [-0.25, -0.2) is 0 Å². The molecule has 2 rings (SSSR count). The van der Waals surface area contributed by atoms with Crippen LogP contribution in [0.3, 0.4) is 0 Å². The molecule has 0 heterocycles. The number of rotatable bonds is 13. The molecule has 44 heavy (non-hydrogen) atoms. The maximum Gasteiger partial charge on any atom is 0.322 e. The molecule has 8 heteroatoms. The van der Waals surface area contributed by atoms with Gasteiger partial charge in [0.25, 0.3) is 0 Å². The van der Waals surface area contributed by atoms with Crippen LogP contribution in [0.2, 0.25) is 0 Å². The highest BCUT2D eigenvalue weighted by Crippen LogP contribution is 2.43. The van der Waals surface area contributed by atoms with Crippen molar-refractivity contribution in [3.63, 3.8) is 0 Å². The third-order valence-corrected chi connectivity index (χ3v) is 7.85. The Morgan fingerprint density at radius 2 is 1.61 bits per heavy atom. The smallest absolute Gasteiger partial charge is 0.322 e. The first-order chi connectivity index (χ1) is 20.7. The molecule has 0 spiro atoms. The Bertz CT molecular complexity index is 806. The van der Waals surface area contributed by atoms with Crippen LogP contribution in [0.1, 0.15) is 140 Å². The van der Waals surface area contributed by atoms with Gasteiger partial charge in [-0.3, -0.25) is 14.4 Å². The Hall–Kier alpha value is -2.19. The summed E-state index contributed by atoms with van der Waals surface area (Å²) in [5, 5.41) is 29.6. The molecule has 0 saturated carbocycles. The largest absolute Gasteiger partial charge is 0.481 e. The molecule has 0 saturated heterocycles. The number of carbonyl (C=O) groups excluding carboxylic acids is 1. The Labute approximate surface area is 270 Å². The van der Waals surface area contributed by atoms with E-state index < -0.39 is 23.5 Å².